The third-order valence-electron chi connectivity index (χ3n) is 5.64. The van der Waals surface area contributed by atoms with Gasteiger partial charge in [0.05, 0.1) is 12.1 Å². The molecule has 3 nitrogen and oxygen atoms in total. The largest absolute Gasteiger partial charge is 0.390 e. The van der Waals surface area contributed by atoms with Crippen LogP contribution in [0, 0.1) is 0 Å². The fraction of sp³-hybridized carbons (Fsp3) is 0.474. The monoisotopic (exact) mass is 328 g/mol. The second-order valence-electron chi connectivity index (χ2n) is 6.88. The summed E-state index contributed by atoms with van der Waals surface area (Å²) >= 11 is 1.79. The molecule has 4 heteroatoms. The molecular formula is C19H24N2OS. The van der Waals surface area contributed by atoms with Crippen LogP contribution in [0.1, 0.15) is 34.9 Å². The Balaban J connectivity index is 1.70. The quantitative estimate of drug-likeness (QED) is 0.909. The van der Waals surface area contributed by atoms with Gasteiger partial charge in [-0.2, -0.15) is 0 Å². The number of nitrogens with one attached hydrogen (secondary N) is 1. The Hall–Kier alpha value is -1.20. The summed E-state index contributed by atoms with van der Waals surface area (Å²) in [5.74, 6) is 0. The molecule has 4 rings (SSSR count). The first-order valence-corrected chi connectivity index (χ1v) is 9.31. The first-order valence-electron chi connectivity index (χ1n) is 8.43. The molecule has 1 saturated heterocycles. The van der Waals surface area contributed by atoms with Gasteiger partial charge in [0.1, 0.15) is 0 Å². The van der Waals surface area contributed by atoms with Gasteiger partial charge in [0.25, 0.3) is 0 Å². The van der Waals surface area contributed by atoms with Crippen LogP contribution in [0.2, 0.25) is 0 Å². The number of thiophene rings is 1. The van der Waals surface area contributed by atoms with Crippen molar-refractivity contribution in [2.45, 2.75) is 36.9 Å². The van der Waals surface area contributed by atoms with Gasteiger partial charge in [-0.05, 0) is 55.6 Å². The molecule has 1 aliphatic carbocycles. The van der Waals surface area contributed by atoms with Crippen molar-refractivity contribution in [3.8, 4) is 0 Å². The fourth-order valence-electron chi connectivity index (χ4n) is 4.50. The van der Waals surface area contributed by atoms with Crippen molar-refractivity contribution in [1.82, 2.24) is 10.2 Å². The van der Waals surface area contributed by atoms with E-state index in [1.165, 1.54) is 16.0 Å². The lowest BCUT2D eigenvalue weighted by molar-refractivity contribution is 0.00447. The number of benzene rings is 1. The Morgan fingerprint density at radius 3 is 2.74 bits per heavy atom. The summed E-state index contributed by atoms with van der Waals surface area (Å²) in [7, 11) is 2.14. The third kappa shape index (κ3) is 2.45. The molecule has 2 atom stereocenters. The van der Waals surface area contributed by atoms with E-state index in [2.05, 4.69) is 59.0 Å². The van der Waals surface area contributed by atoms with Crippen molar-refractivity contribution < 1.29 is 5.11 Å². The van der Waals surface area contributed by atoms with Gasteiger partial charge in [-0.1, -0.05) is 30.3 Å². The van der Waals surface area contributed by atoms with E-state index in [9.17, 15) is 5.11 Å². The van der Waals surface area contributed by atoms with Gasteiger partial charge in [0.2, 0.25) is 0 Å². The summed E-state index contributed by atoms with van der Waals surface area (Å²) in [6.45, 7) is 2.88. The Bertz CT molecular complexity index is 664. The van der Waals surface area contributed by atoms with E-state index >= 15 is 0 Å². The molecule has 1 aromatic heterocycles. The van der Waals surface area contributed by atoms with E-state index in [1.807, 2.05) is 0 Å². The highest BCUT2D eigenvalue weighted by Crippen LogP contribution is 2.52. The van der Waals surface area contributed by atoms with Crippen LogP contribution in [-0.2, 0) is 12.0 Å². The van der Waals surface area contributed by atoms with Crippen LogP contribution >= 0.6 is 11.3 Å². The van der Waals surface area contributed by atoms with Gasteiger partial charge in [-0.15, -0.1) is 11.3 Å². The Morgan fingerprint density at radius 2 is 2.00 bits per heavy atom. The fourth-order valence-corrected chi connectivity index (χ4v) is 5.27. The molecule has 122 valence electrons. The van der Waals surface area contributed by atoms with Gasteiger partial charge in [0, 0.05) is 16.8 Å². The topological polar surface area (TPSA) is 35.5 Å². The minimum absolute atomic E-state index is 0.0732. The SMILES string of the molecule is CN(Cc1cccs1)[C@@H]1c2ccccc2C2(CCNCC2)[C@H]1O. The van der Waals surface area contributed by atoms with Crippen LogP contribution in [-0.4, -0.2) is 36.2 Å². The molecule has 2 heterocycles. The van der Waals surface area contributed by atoms with Crippen molar-refractivity contribution in [3.05, 3.63) is 57.8 Å². The average molecular weight is 328 g/mol. The Labute approximate surface area is 142 Å². The molecule has 0 amide bonds. The summed E-state index contributed by atoms with van der Waals surface area (Å²) < 4.78 is 0. The first-order chi connectivity index (χ1) is 11.2. The normalized spacial score (nSPS) is 25.9. The van der Waals surface area contributed by atoms with E-state index < -0.39 is 0 Å². The molecule has 2 aromatic rings. The zero-order chi connectivity index (χ0) is 15.9. The first kappa shape index (κ1) is 15.3. The summed E-state index contributed by atoms with van der Waals surface area (Å²) in [6, 6.07) is 13.0. The zero-order valence-electron chi connectivity index (χ0n) is 13.5. The number of aliphatic hydroxyl groups is 1. The number of aliphatic hydroxyl groups excluding tert-OH is 1. The Kier molecular flexibility index (Phi) is 4.01. The maximum atomic E-state index is 11.3. The van der Waals surface area contributed by atoms with E-state index in [1.54, 1.807) is 11.3 Å². The molecule has 2 N–H and O–H groups in total. The average Bonchev–Trinajstić information content (AvgIpc) is 3.16. The molecule has 0 bridgehead atoms. The number of hydrogen-bond donors (Lipinski definition) is 2. The molecular weight excluding hydrogens is 304 g/mol. The zero-order valence-corrected chi connectivity index (χ0v) is 14.4. The van der Waals surface area contributed by atoms with Gasteiger partial charge in [-0.3, -0.25) is 4.90 Å². The van der Waals surface area contributed by atoms with Crippen LogP contribution in [0.5, 0.6) is 0 Å². The molecule has 0 radical (unpaired) electrons. The third-order valence-corrected chi connectivity index (χ3v) is 6.50. The number of likely N-dealkylation sites (N-methyl/N-ethyl adjacent to an activating group) is 1. The number of hydrogen-bond acceptors (Lipinski definition) is 4. The Morgan fingerprint density at radius 1 is 1.22 bits per heavy atom. The van der Waals surface area contributed by atoms with Crippen LogP contribution in [0.15, 0.2) is 41.8 Å². The summed E-state index contributed by atoms with van der Waals surface area (Å²) in [5.41, 5.74) is 2.62. The van der Waals surface area contributed by atoms with Crippen molar-refractivity contribution >= 4 is 11.3 Å². The van der Waals surface area contributed by atoms with E-state index in [4.69, 9.17) is 0 Å². The van der Waals surface area contributed by atoms with Gasteiger partial charge >= 0.3 is 0 Å². The van der Waals surface area contributed by atoms with Gasteiger partial charge in [0.15, 0.2) is 0 Å². The van der Waals surface area contributed by atoms with Crippen molar-refractivity contribution in [2.75, 3.05) is 20.1 Å². The van der Waals surface area contributed by atoms with Crippen molar-refractivity contribution in [1.29, 1.82) is 0 Å². The van der Waals surface area contributed by atoms with Crippen LogP contribution in [0.3, 0.4) is 0 Å². The lowest BCUT2D eigenvalue weighted by Crippen LogP contribution is -2.48. The predicted molar refractivity (Wildman–Crippen MR) is 94.8 cm³/mol. The lowest BCUT2D eigenvalue weighted by atomic mass is 9.72. The minimum atomic E-state index is -0.327. The highest BCUT2D eigenvalue weighted by atomic mass is 32.1. The summed E-state index contributed by atoms with van der Waals surface area (Å²) in [5, 5.41) is 16.9. The summed E-state index contributed by atoms with van der Waals surface area (Å²) in [4.78, 5) is 3.68. The van der Waals surface area contributed by atoms with Crippen molar-refractivity contribution in [3.63, 3.8) is 0 Å². The number of piperidine rings is 1. The molecule has 2 aliphatic rings. The van der Waals surface area contributed by atoms with Crippen LogP contribution in [0.4, 0.5) is 0 Å². The van der Waals surface area contributed by atoms with E-state index in [0.29, 0.717) is 0 Å². The van der Waals surface area contributed by atoms with Crippen molar-refractivity contribution in [2.24, 2.45) is 0 Å². The standard InChI is InChI=1S/C19H24N2OS/c1-21(13-14-5-4-12-23-14)17-15-6-2-3-7-16(15)19(18(17)22)8-10-20-11-9-19/h2-7,12,17-18,20,22H,8-11,13H2,1H3/t17-,18+/m1/s1. The van der Waals surface area contributed by atoms with Crippen LogP contribution < -0.4 is 5.32 Å². The maximum Gasteiger partial charge on any atom is 0.0834 e. The lowest BCUT2D eigenvalue weighted by Gasteiger charge is -2.40. The highest BCUT2D eigenvalue weighted by Gasteiger charge is 2.52. The predicted octanol–water partition coefficient (Wildman–Crippen LogP) is 2.92. The molecule has 1 spiro atoms. The number of rotatable bonds is 3. The maximum absolute atomic E-state index is 11.3. The van der Waals surface area contributed by atoms with Gasteiger partial charge in [-0.25, -0.2) is 0 Å². The second kappa shape index (κ2) is 6.02. The molecule has 0 saturated carbocycles. The smallest absolute Gasteiger partial charge is 0.0834 e. The number of nitrogens with zero attached hydrogens (tertiary/aromatic N) is 1. The molecule has 1 fully saturated rings. The molecule has 1 aliphatic heterocycles. The van der Waals surface area contributed by atoms with E-state index in [0.717, 1.165) is 32.5 Å². The summed E-state index contributed by atoms with van der Waals surface area (Å²) in [6.07, 6.45) is 1.72. The van der Waals surface area contributed by atoms with Gasteiger partial charge < -0.3 is 10.4 Å². The molecule has 0 unspecified atom stereocenters. The highest BCUT2D eigenvalue weighted by molar-refractivity contribution is 7.09. The molecule has 23 heavy (non-hydrogen) atoms. The van der Waals surface area contributed by atoms with E-state index in [-0.39, 0.29) is 17.6 Å². The second-order valence-corrected chi connectivity index (χ2v) is 7.91. The van der Waals surface area contributed by atoms with Crippen LogP contribution in [0.25, 0.3) is 0 Å². The number of fused-ring (bicyclic) bond motifs is 2. The molecule has 1 aromatic carbocycles. The minimum Gasteiger partial charge on any atom is -0.390 e.